The SMILES string of the molecule is c1ccc2c(c1)Sc1cc3c(cc1S2)N(c1cccc2c1sc1ccccc12)B1c2cccc4c2C(Cc2c-4ccc4ccccc24)c2c1c-3cc1c2oc2ccccc21. The second kappa shape index (κ2) is 11.8. The molecule has 1 atom stereocenters. The van der Waals surface area contributed by atoms with E-state index in [0.29, 0.717) is 0 Å². The first-order valence-corrected chi connectivity index (χ1v) is 23.1. The summed E-state index contributed by atoms with van der Waals surface area (Å²) in [5, 5.41) is 7.67. The maximum atomic E-state index is 7.15. The van der Waals surface area contributed by atoms with Crippen LogP contribution >= 0.6 is 34.9 Å². The Morgan fingerprint density at radius 2 is 1.27 bits per heavy atom. The molecule has 3 aliphatic heterocycles. The lowest BCUT2D eigenvalue weighted by atomic mass is 9.39. The molecule has 0 N–H and O–H groups in total. The minimum absolute atomic E-state index is 0.0734. The molecule has 278 valence electrons. The number of rotatable bonds is 1. The van der Waals surface area contributed by atoms with Crippen LogP contribution in [-0.2, 0) is 6.42 Å². The van der Waals surface area contributed by atoms with Crippen molar-refractivity contribution < 1.29 is 4.42 Å². The zero-order valence-electron chi connectivity index (χ0n) is 32.0. The van der Waals surface area contributed by atoms with Crippen LogP contribution in [0.5, 0.6) is 0 Å². The third-order valence-corrected chi connectivity index (χ3v) is 17.4. The molecule has 1 unspecified atom stereocenters. The fourth-order valence-electron chi connectivity index (χ4n) is 11.3. The van der Waals surface area contributed by atoms with E-state index in [1.54, 1.807) is 0 Å². The van der Waals surface area contributed by atoms with Crippen molar-refractivity contribution >= 4 is 117 Å². The van der Waals surface area contributed by atoms with Crippen LogP contribution < -0.4 is 15.7 Å². The van der Waals surface area contributed by atoms with Crippen molar-refractivity contribution in [1.29, 1.82) is 0 Å². The van der Waals surface area contributed by atoms with E-state index in [1.165, 1.54) is 123 Å². The summed E-state index contributed by atoms with van der Waals surface area (Å²) < 4.78 is 9.80. The predicted molar refractivity (Wildman–Crippen MR) is 255 cm³/mol. The van der Waals surface area contributed by atoms with Gasteiger partial charge >= 0.3 is 6.85 Å². The number of furan rings is 1. The smallest absolute Gasteiger partial charge is 0.329 e. The van der Waals surface area contributed by atoms with Gasteiger partial charge in [0, 0.05) is 74.2 Å². The van der Waals surface area contributed by atoms with Crippen LogP contribution in [0, 0.1) is 0 Å². The lowest BCUT2D eigenvalue weighted by Gasteiger charge is -2.46. The van der Waals surface area contributed by atoms with Gasteiger partial charge in [0.1, 0.15) is 11.2 Å². The predicted octanol–water partition coefficient (Wildman–Crippen LogP) is 14.3. The first-order chi connectivity index (χ1) is 29.7. The molecule has 0 fully saturated rings. The molecule has 0 saturated carbocycles. The summed E-state index contributed by atoms with van der Waals surface area (Å²) in [5.41, 5.74) is 16.9. The summed E-state index contributed by atoms with van der Waals surface area (Å²) in [6.07, 6.45) is 0.919. The molecule has 5 heterocycles. The highest BCUT2D eigenvalue weighted by molar-refractivity contribution is 8.05. The lowest BCUT2D eigenvalue weighted by Crippen LogP contribution is -2.62. The first-order valence-electron chi connectivity index (χ1n) is 20.7. The van der Waals surface area contributed by atoms with Gasteiger partial charge in [-0.3, -0.25) is 0 Å². The Morgan fingerprint density at radius 1 is 0.517 bits per heavy atom. The van der Waals surface area contributed by atoms with Crippen molar-refractivity contribution in [3.8, 4) is 22.3 Å². The standard InChI is InChI=1S/C54H30BNOS3/c1-2-12-30-29(11-1)23-24-31-34-15-9-17-41-50(34)40(25-36(30)31)51-52-38(26-39-32-13-3-5-19-44(32)57-53(39)51)37-27-48-49(59-47-22-8-7-21-46(47)58-48)28-43(37)56(55(41)52)42-18-10-16-35-33-14-4-6-20-45(33)60-54(35)42/h1-24,26-28,40H,25H2. The van der Waals surface area contributed by atoms with Gasteiger partial charge in [-0.2, -0.15) is 0 Å². The molecule has 0 bridgehead atoms. The Hall–Kier alpha value is -6.18. The monoisotopic (exact) mass is 815 g/mol. The van der Waals surface area contributed by atoms with Crippen LogP contribution in [0.4, 0.5) is 11.4 Å². The number of anilines is 2. The van der Waals surface area contributed by atoms with Gasteiger partial charge in [0.25, 0.3) is 0 Å². The van der Waals surface area contributed by atoms with Crippen LogP contribution in [0.2, 0.25) is 0 Å². The second-order valence-corrected chi connectivity index (χ2v) is 19.8. The summed E-state index contributed by atoms with van der Waals surface area (Å²) in [4.78, 5) is 8.01. The fraction of sp³-hybridized carbons (Fsp3) is 0.0370. The highest BCUT2D eigenvalue weighted by atomic mass is 32.2. The molecule has 9 aromatic carbocycles. The number of thiophene rings is 1. The highest BCUT2D eigenvalue weighted by Crippen LogP contribution is 2.57. The van der Waals surface area contributed by atoms with Crippen LogP contribution in [0.15, 0.2) is 188 Å². The molecule has 6 heteroatoms. The summed E-state index contributed by atoms with van der Waals surface area (Å²) in [6, 6.07) is 61.8. The van der Waals surface area contributed by atoms with E-state index in [1.807, 2.05) is 34.9 Å². The normalized spacial score (nSPS) is 15.6. The quantitative estimate of drug-likeness (QED) is 0.153. The van der Waals surface area contributed by atoms with Crippen molar-refractivity contribution in [2.75, 3.05) is 4.81 Å². The zero-order chi connectivity index (χ0) is 38.8. The van der Waals surface area contributed by atoms with E-state index in [2.05, 4.69) is 169 Å². The number of fused-ring (bicyclic) bond motifs is 17. The van der Waals surface area contributed by atoms with Gasteiger partial charge in [0.05, 0.1) is 4.70 Å². The third-order valence-electron chi connectivity index (χ3n) is 13.7. The molecule has 11 aromatic rings. The van der Waals surface area contributed by atoms with E-state index in [4.69, 9.17) is 4.42 Å². The van der Waals surface area contributed by atoms with E-state index in [0.717, 1.165) is 17.6 Å². The lowest BCUT2D eigenvalue weighted by molar-refractivity contribution is 0.655. The van der Waals surface area contributed by atoms with Crippen molar-refractivity contribution in [2.45, 2.75) is 31.9 Å². The molecule has 2 nitrogen and oxygen atoms in total. The van der Waals surface area contributed by atoms with Crippen molar-refractivity contribution in [1.82, 2.24) is 0 Å². The van der Waals surface area contributed by atoms with Gasteiger partial charge in [-0.15, -0.1) is 11.3 Å². The number of benzene rings is 9. The maximum absolute atomic E-state index is 7.15. The van der Waals surface area contributed by atoms with Gasteiger partial charge < -0.3 is 9.23 Å². The third kappa shape index (κ3) is 4.19. The average molecular weight is 816 g/mol. The van der Waals surface area contributed by atoms with Crippen molar-refractivity contribution in [3.63, 3.8) is 0 Å². The fourth-order valence-corrected chi connectivity index (χ4v) is 14.8. The summed E-state index contributed by atoms with van der Waals surface area (Å²) in [6.45, 7) is -0.0734. The van der Waals surface area contributed by atoms with Crippen LogP contribution in [0.1, 0.15) is 22.6 Å². The zero-order valence-corrected chi connectivity index (χ0v) is 34.5. The van der Waals surface area contributed by atoms with E-state index >= 15 is 0 Å². The number of para-hydroxylation sites is 1. The number of hydrogen-bond donors (Lipinski definition) is 0. The number of hydrogen-bond acceptors (Lipinski definition) is 5. The molecule has 4 aliphatic rings. The molecule has 0 radical (unpaired) electrons. The van der Waals surface area contributed by atoms with Crippen molar-refractivity contribution in [2.24, 2.45) is 0 Å². The Morgan fingerprint density at radius 3 is 2.17 bits per heavy atom. The Balaban J connectivity index is 1.11. The average Bonchev–Trinajstić information content (AvgIpc) is 3.87. The minimum atomic E-state index is -0.0734. The topological polar surface area (TPSA) is 16.4 Å². The van der Waals surface area contributed by atoms with E-state index in [-0.39, 0.29) is 12.8 Å². The Bertz CT molecular complexity index is 3750. The van der Waals surface area contributed by atoms with Gasteiger partial charge in [-0.1, -0.05) is 139 Å². The van der Waals surface area contributed by atoms with Gasteiger partial charge in [-0.25, -0.2) is 0 Å². The molecular formula is C54H30BNOS3. The molecule has 15 rings (SSSR count). The molecule has 60 heavy (non-hydrogen) atoms. The maximum Gasteiger partial charge on any atom is 0.329 e. The van der Waals surface area contributed by atoms with Gasteiger partial charge in [0.2, 0.25) is 0 Å². The van der Waals surface area contributed by atoms with Gasteiger partial charge in [-0.05, 0) is 104 Å². The summed E-state index contributed by atoms with van der Waals surface area (Å²) in [5.74, 6) is 0.127. The number of nitrogens with zero attached hydrogens (tertiary/aromatic N) is 1. The molecule has 0 saturated heterocycles. The molecule has 0 amide bonds. The van der Waals surface area contributed by atoms with E-state index in [9.17, 15) is 0 Å². The van der Waals surface area contributed by atoms with Crippen LogP contribution in [0.3, 0.4) is 0 Å². The molecule has 1 aliphatic carbocycles. The van der Waals surface area contributed by atoms with E-state index < -0.39 is 0 Å². The van der Waals surface area contributed by atoms with Crippen molar-refractivity contribution in [3.05, 3.63) is 180 Å². The Labute approximate surface area is 358 Å². The van der Waals surface area contributed by atoms with Crippen LogP contribution in [-0.4, -0.2) is 6.85 Å². The molecule has 2 aromatic heterocycles. The summed E-state index contributed by atoms with van der Waals surface area (Å²) in [7, 11) is 0. The summed E-state index contributed by atoms with van der Waals surface area (Å²) >= 11 is 5.74. The highest BCUT2D eigenvalue weighted by Gasteiger charge is 2.49. The largest absolute Gasteiger partial charge is 0.456 e. The first kappa shape index (κ1) is 32.6. The Kier molecular flexibility index (Phi) is 6.40. The second-order valence-electron chi connectivity index (χ2n) is 16.6. The van der Waals surface area contributed by atoms with Gasteiger partial charge in [0.15, 0.2) is 0 Å². The molecule has 0 spiro atoms. The minimum Gasteiger partial charge on any atom is -0.456 e. The van der Waals surface area contributed by atoms with Crippen LogP contribution in [0.25, 0.3) is 75.1 Å². The molecular weight excluding hydrogens is 786 g/mol.